The summed E-state index contributed by atoms with van der Waals surface area (Å²) in [4.78, 5) is 35.9. The number of benzene rings is 1. The predicted molar refractivity (Wildman–Crippen MR) is 243 cm³/mol. The Labute approximate surface area is 371 Å². The molecular formula is C46H52ClN7O7S. The van der Waals surface area contributed by atoms with Crippen molar-refractivity contribution in [3.8, 4) is 39.9 Å². The molecule has 1 aliphatic rings. The van der Waals surface area contributed by atoms with Crippen LogP contribution < -0.4 is 14.2 Å². The number of hydrogen-bond donors (Lipinski definition) is 1. The zero-order chi connectivity index (χ0) is 44.3. The van der Waals surface area contributed by atoms with Gasteiger partial charge in [-0.1, -0.05) is 42.5 Å². The van der Waals surface area contributed by atoms with E-state index < -0.39 is 12.1 Å². The summed E-state index contributed by atoms with van der Waals surface area (Å²) in [7, 11) is 5.27. The molecule has 14 nitrogen and oxygen atoms in total. The number of fused-ring (bicyclic) bond motifs is 1. The van der Waals surface area contributed by atoms with Gasteiger partial charge in [0.25, 0.3) is 0 Å². The molecule has 1 aromatic carbocycles. The van der Waals surface area contributed by atoms with E-state index in [4.69, 9.17) is 40.3 Å². The van der Waals surface area contributed by atoms with Gasteiger partial charge in [0, 0.05) is 74.9 Å². The number of ether oxygens (including phenoxy) is 5. The first-order valence-corrected chi connectivity index (χ1v) is 21.3. The maximum Gasteiger partial charge on any atom is 0.345 e. The molecule has 0 amide bonds. The van der Waals surface area contributed by atoms with E-state index in [1.165, 1.54) is 0 Å². The van der Waals surface area contributed by atoms with Gasteiger partial charge in [0.2, 0.25) is 17.9 Å². The average Bonchev–Trinajstić information content (AvgIpc) is 3.70. The molecule has 326 valence electrons. The average molecular weight is 882 g/mol. The first-order valence-electron chi connectivity index (χ1n) is 20.1. The van der Waals surface area contributed by atoms with Crippen molar-refractivity contribution in [2.24, 2.45) is 0 Å². The van der Waals surface area contributed by atoms with E-state index >= 15 is 0 Å². The number of hydrogen-bond acceptors (Lipinski definition) is 14. The summed E-state index contributed by atoms with van der Waals surface area (Å²) in [6.07, 6.45) is 8.90. The number of aliphatic carboxylic acids is 1. The fourth-order valence-corrected chi connectivity index (χ4v) is 7.85. The van der Waals surface area contributed by atoms with Crippen LogP contribution in [-0.4, -0.2) is 112 Å². The molecule has 0 spiro atoms. The minimum absolute atomic E-state index is 0.0697. The molecule has 0 aliphatic carbocycles. The zero-order valence-corrected chi connectivity index (χ0v) is 37.7. The van der Waals surface area contributed by atoms with Crippen molar-refractivity contribution in [3.05, 3.63) is 113 Å². The van der Waals surface area contributed by atoms with Crippen molar-refractivity contribution in [1.82, 2.24) is 34.1 Å². The van der Waals surface area contributed by atoms with Gasteiger partial charge < -0.3 is 33.7 Å². The Morgan fingerprint density at radius 2 is 1.84 bits per heavy atom. The maximum absolute atomic E-state index is 12.9. The SMILES string of the molecule is C=C/C(CC(Oc1nsc2cnc(-c3ccnc(OC)c3)c(-c3ccc(OCCN4CCN(C)CC4)c(Cl)c3C)c12)C(=O)O)=C(\C)OCc1ccnc(C(/C=C\C)=C(/C)OC)n1. The number of halogens is 1. The third kappa shape index (κ3) is 10.8. The Kier molecular flexibility index (Phi) is 15.7. The third-order valence-corrected chi connectivity index (χ3v) is 11.9. The molecule has 5 heterocycles. The van der Waals surface area contributed by atoms with E-state index in [1.807, 2.05) is 51.1 Å². The smallest absolute Gasteiger partial charge is 0.345 e. The van der Waals surface area contributed by atoms with Gasteiger partial charge in [-0.05, 0) is 81.2 Å². The van der Waals surface area contributed by atoms with E-state index in [0.29, 0.717) is 78.8 Å². The maximum atomic E-state index is 12.9. The fourth-order valence-electron chi connectivity index (χ4n) is 6.93. The number of pyridine rings is 2. The molecule has 0 bridgehead atoms. The number of rotatable bonds is 19. The summed E-state index contributed by atoms with van der Waals surface area (Å²) in [6.45, 7) is 16.8. The molecule has 1 atom stereocenters. The second-order valence-corrected chi connectivity index (χ2v) is 15.8. The first-order chi connectivity index (χ1) is 30.0. The molecule has 1 N–H and O–H groups in total. The Bertz CT molecular complexity index is 2500. The quantitative estimate of drug-likeness (QED) is 0.0621. The standard InChI is InChI=1S/C46H52ClN7O7S/c1-9-11-35(30(5)57-7)44-49-17-15-33(51-44)27-60-29(4)31(10-2)24-37(46(55)56)61-45-41-38(62-52-45)26-50-43(32-14-16-48-39(25-32)58-8)40(41)34-12-13-36(42(47)28(34)3)59-23-22-54-20-18-53(6)19-21-54/h9-17,25-26,37H,2,18-24,27H2,1,3-8H3,(H,55,56)/b11-9-,31-29-,35-30-. The van der Waals surface area contributed by atoms with Crippen LogP contribution in [0.4, 0.5) is 0 Å². The summed E-state index contributed by atoms with van der Waals surface area (Å²) < 4.78 is 35.0. The number of allylic oxidation sites excluding steroid dienone is 6. The molecule has 16 heteroatoms. The number of carboxylic acid groups (broad SMARTS) is 1. The van der Waals surface area contributed by atoms with Crippen molar-refractivity contribution in [2.75, 3.05) is 60.6 Å². The molecule has 1 aliphatic heterocycles. The van der Waals surface area contributed by atoms with Crippen molar-refractivity contribution in [3.63, 3.8) is 0 Å². The van der Waals surface area contributed by atoms with Crippen LogP contribution in [0.3, 0.4) is 0 Å². The molecule has 0 radical (unpaired) electrons. The van der Waals surface area contributed by atoms with Gasteiger partial charge in [0.15, 0.2) is 5.82 Å². The minimum atomic E-state index is -1.37. The molecule has 0 saturated carbocycles. The number of piperazine rings is 1. The summed E-state index contributed by atoms with van der Waals surface area (Å²) in [5, 5.41) is 11.6. The predicted octanol–water partition coefficient (Wildman–Crippen LogP) is 8.66. The van der Waals surface area contributed by atoms with Crippen LogP contribution in [0.5, 0.6) is 17.5 Å². The number of carboxylic acids is 1. The number of aromatic nitrogens is 5. The van der Waals surface area contributed by atoms with Crippen molar-refractivity contribution in [1.29, 1.82) is 0 Å². The topological polar surface area (TPSA) is 154 Å². The largest absolute Gasteiger partial charge is 0.501 e. The lowest BCUT2D eigenvalue weighted by molar-refractivity contribution is -0.145. The van der Waals surface area contributed by atoms with Crippen LogP contribution in [0.25, 0.3) is 38.0 Å². The lowest BCUT2D eigenvalue weighted by Gasteiger charge is -2.32. The van der Waals surface area contributed by atoms with E-state index in [0.717, 1.165) is 61.0 Å². The summed E-state index contributed by atoms with van der Waals surface area (Å²) in [6, 6.07) is 9.17. The molecular weight excluding hydrogens is 830 g/mol. The molecule has 1 saturated heterocycles. The summed E-state index contributed by atoms with van der Waals surface area (Å²) in [5.74, 6) is 1.53. The normalized spacial score (nSPS) is 14.9. The Balaban J connectivity index is 1.32. The van der Waals surface area contributed by atoms with Gasteiger partial charge in [0.1, 0.15) is 24.7 Å². The summed E-state index contributed by atoms with van der Waals surface area (Å²) in [5.41, 5.74) is 5.34. The van der Waals surface area contributed by atoms with Gasteiger partial charge in [-0.25, -0.2) is 19.7 Å². The Hall–Kier alpha value is -5.87. The number of nitrogens with zero attached hydrogens (tertiary/aromatic N) is 7. The van der Waals surface area contributed by atoms with Crippen LogP contribution in [0, 0.1) is 6.92 Å². The highest BCUT2D eigenvalue weighted by atomic mass is 35.5. The Morgan fingerprint density at radius 1 is 1.06 bits per heavy atom. The van der Waals surface area contributed by atoms with Crippen LogP contribution in [0.1, 0.15) is 44.3 Å². The van der Waals surface area contributed by atoms with Crippen molar-refractivity contribution in [2.45, 2.75) is 46.8 Å². The molecule has 1 fully saturated rings. The lowest BCUT2D eigenvalue weighted by atomic mass is 9.93. The summed E-state index contributed by atoms with van der Waals surface area (Å²) >= 11 is 8.24. The van der Waals surface area contributed by atoms with E-state index in [1.54, 1.807) is 57.9 Å². The fraction of sp³-hybridized carbons (Fsp3) is 0.348. The number of carbonyl (C=O) groups is 1. The van der Waals surface area contributed by atoms with Gasteiger partial charge in [-0.2, -0.15) is 4.37 Å². The molecule has 6 rings (SSSR count). The second-order valence-electron chi connectivity index (χ2n) is 14.6. The van der Waals surface area contributed by atoms with Crippen molar-refractivity contribution < 1.29 is 33.6 Å². The van der Waals surface area contributed by atoms with E-state index in [9.17, 15) is 9.90 Å². The molecule has 1 unspecified atom stereocenters. The third-order valence-electron chi connectivity index (χ3n) is 10.6. The Morgan fingerprint density at radius 3 is 2.55 bits per heavy atom. The molecule has 5 aromatic rings. The minimum Gasteiger partial charge on any atom is -0.501 e. The van der Waals surface area contributed by atoms with E-state index in [2.05, 4.69) is 42.8 Å². The van der Waals surface area contributed by atoms with Gasteiger partial charge in [0.05, 0.1) is 52.0 Å². The second kappa shape index (κ2) is 21.3. The molecule has 62 heavy (non-hydrogen) atoms. The highest BCUT2D eigenvalue weighted by Gasteiger charge is 2.28. The lowest BCUT2D eigenvalue weighted by Crippen LogP contribution is -2.45. The van der Waals surface area contributed by atoms with Crippen LogP contribution >= 0.6 is 23.1 Å². The van der Waals surface area contributed by atoms with Crippen LogP contribution in [0.2, 0.25) is 5.02 Å². The number of methoxy groups -OCH3 is 2. The van der Waals surface area contributed by atoms with E-state index in [-0.39, 0.29) is 18.9 Å². The van der Waals surface area contributed by atoms with Crippen LogP contribution in [0.15, 0.2) is 90.8 Å². The van der Waals surface area contributed by atoms with Crippen LogP contribution in [-0.2, 0) is 20.9 Å². The van der Waals surface area contributed by atoms with Gasteiger partial charge in [-0.3, -0.25) is 9.88 Å². The highest BCUT2D eigenvalue weighted by Crippen LogP contribution is 2.46. The monoisotopic (exact) mass is 881 g/mol. The van der Waals surface area contributed by atoms with Gasteiger partial charge >= 0.3 is 5.97 Å². The van der Waals surface area contributed by atoms with Crippen molar-refractivity contribution >= 4 is 44.8 Å². The first kappa shape index (κ1) is 45.7. The molecule has 4 aromatic heterocycles. The number of likely N-dealkylation sites (N-methyl/N-ethyl adjacent to an activating group) is 1. The highest BCUT2D eigenvalue weighted by molar-refractivity contribution is 7.13. The zero-order valence-electron chi connectivity index (χ0n) is 36.1. The van der Waals surface area contributed by atoms with Gasteiger partial charge in [-0.15, -0.1) is 0 Å².